The minimum absolute atomic E-state index is 0.0990. The highest BCUT2D eigenvalue weighted by Crippen LogP contribution is 2.24. The van der Waals surface area contributed by atoms with E-state index in [-0.39, 0.29) is 16.5 Å². The van der Waals surface area contributed by atoms with Crippen LogP contribution >= 0.6 is 15.9 Å². The molecule has 0 aliphatic carbocycles. The number of aromatic amines is 1. The molecule has 1 aromatic rings. The summed E-state index contributed by atoms with van der Waals surface area (Å²) in [6, 6.07) is 0.862. The Bertz CT molecular complexity index is 389. The number of carbonyl (C=O) groups excluding carboxylic acids is 1. The molecule has 0 unspecified atom stereocenters. The van der Waals surface area contributed by atoms with Crippen molar-refractivity contribution >= 4 is 22.2 Å². The summed E-state index contributed by atoms with van der Waals surface area (Å²) in [6.45, 7) is 0. The number of hydrogen-bond acceptors (Lipinski definition) is 2. The molecule has 0 aromatic carbocycles. The molecular weight excluding hydrogens is 248 g/mol. The standard InChI is InChI=1S/C7H4BrF2NO2/c8-5-4(6(9)10)1-3(2-12)7(13)11-5/h1-2,6H,(H,11,13). The van der Waals surface area contributed by atoms with Crippen molar-refractivity contribution in [2.45, 2.75) is 6.43 Å². The average molecular weight is 252 g/mol. The van der Waals surface area contributed by atoms with Crippen molar-refractivity contribution in [3.8, 4) is 0 Å². The molecule has 0 saturated carbocycles. The third kappa shape index (κ3) is 2.00. The molecule has 1 N–H and O–H groups in total. The van der Waals surface area contributed by atoms with Crippen LogP contribution in [0.5, 0.6) is 0 Å². The van der Waals surface area contributed by atoms with Gasteiger partial charge >= 0.3 is 0 Å². The summed E-state index contributed by atoms with van der Waals surface area (Å²) in [5.74, 6) is 0. The van der Waals surface area contributed by atoms with Crippen molar-refractivity contribution in [1.29, 1.82) is 0 Å². The topological polar surface area (TPSA) is 49.9 Å². The first-order valence-corrected chi connectivity index (χ1v) is 4.01. The van der Waals surface area contributed by atoms with E-state index in [1.54, 1.807) is 0 Å². The van der Waals surface area contributed by atoms with Gasteiger partial charge in [-0.3, -0.25) is 9.59 Å². The Hall–Kier alpha value is -1.04. The van der Waals surface area contributed by atoms with Gasteiger partial charge < -0.3 is 4.98 Å². The summed E-state index contributed by atoms with van der Waals surface area (Å²) in [7, 11) is 0. The van der Waals surface area contributed by atoms with Crippen molar-refractivity contribution in [3.63, 3.8) is 0 Å². The Labute approximate surface area is 79.9 Å². The van der Waals surface area contributed by atoms with Crippen molar-refractivity contribution < 1.29 is 13.6 Å². The van der Waals surface area contributed by atoms with Gasteiger partial charge in [0.15, 0.2) is 6.29 Å². The molecule has 1 heterocycles. The van der Waals surface area contributed by atoms with Gasteiger partial charge in [0.2, 0.25) is 0 Å². The van der Waals surface area contributed by atoms with Crippen LogP contribution in [0.2, 0.25) is 0 Å². The van der Waals surface area contributed by atoms with Crippen LogP contribution in [0.3, 0.4) is 0 Å². The highest BCUT2D eigenvalue weighted by molar-refractivity contribution is 9.10. The van der Waals surface area contributed by atoms with Crippen molar-refractivity contribution in [3.05, 3.63) is 32.2 Å². The van der Waals surface area contributed by atoms with E-state index in [1.165, 1.54) is 0 Å². The van der Waals surface area contributed by atoms with Gasteiger partial charge in [0, 0.05) is 5.56 Å². The van der Waals surface area contributed by atoms with Crippen LogP contribution in [0.15, 0.2) is 15.5 Å². The molecule has 6 heteroatoms. The molecule has 1 aromatic heterocycles. The molecule has 0 fully saturated rings. The summed E-state index contributed by atoms with van der Waals surface area (Å²) >= 11 is 2.76. The van der Waals surface area contributed by atoms with Gasteiger partial charge in [0.05, 0.1) is 10.2 Å². The number of pyridine rings is 1. The van der Waals surface area contributed by atoms with Gasteiger partial charge in [-0.05, 0) is 22.0 Å². The maximum Gasteiger partial charge on any atom is 0.266 e. The lowest BCUT2D eigenvalue weighted by Crippen LogP contribution is -2.13. The van der Waals surface area contributed by atoms with Crippen LogP contribution in [-0.4, -0.2) is 11.3 Å². The number of rotatable bonds is 2. The van der Waals surface area contributed by atoms with Crippen LogP contribution in [0.4, 0.5) is 8.78 Å². The first-order chi connectivity index (χ1) is 6.06. The first kappa shape index (κ1) is 10.0. The molecule has 0 amide bonds. The van der Waals surface area contributed by atoms with E-state index in [0.717, 1.165) is 6.07 Å². The third-order valence-electron chi connectivity index (χ3n) is 1.41. The molecule has 0 aliphatic rings. The second-order valence-electron chi connectivity index (χ2n) is 2.24. The number of hydrogen-bond donors (Lipinski definition) is 1. The van der Waals surface area contributed by atoms with Crippen molar-refractivity contribution in [2.75, 3.05) is 0 Å². The first-order valence-electron chi connectivity index (χ1n) is 3.22. The molecule has 13 heavy (non-hydrogen) atoms. The van der Waals surface area contributed by atoms with E-state index < -0.39 is 17.5 Å². The number of H-pyrrole nitrogens is 1. The molecule has 0 saturated heterocycles. The number of alkyl halides is 2. The fourth-order valence-electron chi connectivity index (χ4n) is 0.787. The Morgan fingerprint density at radius 1 is 1.54 bits per heavy atom. The fourth-order valence-corrected chi connectivity index (χ4v) is 1.25. The van der Waals surface area contributed by atoms with Gasteiger partial charge in [-0.1, -0.05) is 0 Å². The molecule has 0 spiro atoms. The Kier molecular flexibility index (Phi) is 2.92. The lowest BCUT2D eigenvalue weighted by atomic mass is 10.2. The van der Waals surface area contributed by atoms with Gasteiger partial charge in [-0.25, -0.2) is 8.78 Å². The maximum atomic E-state index is 12.2. The van der Waals surface area contributed by atoms with Crippen LogP contribution in [-0.2, 0) is 0 Å². The van der Waals surface area contributed by atoms with E-state index in [2.05, 4.69) is 20.9 Å². The highest BCUT2D eigenvalue weighted by atomic mass is 79.9. The molecule has 1 rings (SSSR count). The monoisotopic (exact) mass is 251 g/mol. The smallest absolute Gasteiger partial charge is 0.266 e. The summed E-state index contributed by atoms with van der Waals surface area (Å²) in [6.07, 6.45) is -2.50. The second kappa shape index (κ2) is 3.78. The number of carbonyl (C=O) groups is 1. The molecule has 3 nitrogen and oxygen atoms in total. The lowest BCUT2D eigenvalue weighted by molar-refractivity contribution is 0.112. The zero-order valence-corrected chi connectivity index (χ0v) is 7.77. The maximum absolute atomic E-state index is 12.2. The SMILES string of the molecule is O=Cc1cc(C(F)F)c(Br)[nH]c1=O. The number of aldehydes is 1. The quantitative estimate of drug-likeness (QED) is 0.645. The number of halogens is 3. The predicted molar refractivity (Wildman–Crippen MR) is 45.1 cm³/mol. The Balaban J connectivity index is 3.39. The zero-order chi connectivity index (χ0) is 10.0. The van der Waals surface area contributed by atoms with Gasteiger partial charge in [0.1, 0.15) is 0 Å². The normalized spacial score (nSPS) is 10.5. The van der Waals surface area contributed by atoms with E-state index >= 15 is 0 Å². The summed E-state index contributed by atoms with van der Waals surface area (Å²) < 4.78 is 24.3. The largest absolute Gasteiger partial charge is 0.316 e. The predicted octanol–water partition coefficient (Wildman–Crippen LogP) is 1.89. The Morgan fingerprint density at radius 3 is 2.62 bits per heavy atom. The number of nitrogens with one attached hydrogen (secondary N) is 1. The third-order valence-corrected chi connectivity index (χ3v) is 2.07. The van der Waals surface area contributed by atoms with Crippen molar-refractivity contribution in [1.82, 2.24) is 4.98 Å². The minimum Gasteiger partial charge on any atom is -0.316 e. The highest BCUT2D eigenvalue weighted by Gasteiger charge is 2.14. The molecule has 0 radical (unpaired) electrons. The van der Waals surface area contributed by atoms with E-state index in [1.807, 2.05) is 0 Å². The van der Waals surface area contributed by atoms with Crippen LogP contribution in [0.25, 0.3) is 0 Å². The molecule has 0 bridgehead atoms. The second-order valence-corrected chi connectivity index (χ2v) is 3.03. The summed E-state index contributed by atoms with van der Waals surface area (Å²) in [5, 5.41) is 0. The molecular formula is C7H4BrF2NO2. The summed E-state index contributed by atoms with van der Waals surface area (Å²) in [5.41, 5.74) is -1.40. The van der Waals surface area contributed by atoms with E-state index in [4.69, 9.17) is 0 Å². The average Bonchev–Trinajstić information content (AvgIpc) is 2.03. The van der Waals surface area contributed by atoms with Crippen LogP contribution in [0.1, 0.15) is 22.3 Å². The summed E-state index contributed by atoms with van der Waals surface area (Å²) in [4.78, 5) is 23.2. The van der Waals surface area contributed by atoms with Crippen molar-refractivity contribution in [2.24, 2.45) is 0 Å². The van der Waals surface area contributed by atoms with Gasteiger partial charge in [-0.2, -0.15) is 0 Å². The van der Waals surface area contributed by atoms with Gasteiger partial charge in [0.25, 0.3) is 12.0 Å². The van der Waals surface area contributed by atoms with Gasteiger partial charge in [-0.15, -0.1) is 0 Å². The zero-order valence-electron chi connectivity index (χ0n) is 6.18. The molecule has 0 atom stereocenters. The lowest BCUT2D eigenvalue weighted by Gasteiger charge is -2.02. The fraction of sp³-hybridized carbons (Fsp3) is 0.143. The van der Waals surface area contributed by atoms with E-state index in [9.17, 15) is 18.4 Å². The number of aromatic nitrogens is 1. The van der Waals surface area contributed by atoms with Crippen LogP contribution in [0, 0.1) is 0 Å². The minimum atomic E-state index is -2.73. The molecule has 70 valence electrons. The van der Waals surface area contributed by atoms with E-state index in [0.29, 0.717) is 0 Å². The molecule has 0 aliphatic heterocycles. The van der Waals surface area contributed by atoms with Crippen LogP contribution < -0.4 is 5.56 Å². The Morgan fingerprint density at radius 2 is 2.15 bits per heavy atom.